The van der Waals surface area contributed by atoms with Crippen molar-refractivity contribution in [2.75, 3.05) is 19.1 Å². The largest absolute Gasteiger partial charge is 0.497 e. The van der Waals surface area contributed by atoms with E-state index in [1.54, 1.807) is 49.6 Å². The van der Waals surface area contributed by atoms with Gasteiger partial charge in [-0.05, 0) is 30.3 Å². The molecule has 0 saturated carbocycles. The number of methoxy groups -OCH3 is 2. The number of benzene rings is 2. The average molecular weight is 352 g/mol. The Labute approximate surface area is 149 Å². The van der Waals surface area contributed by atoms with Crippen LogP contribution in [-0.2, 0) is 14.4 Å². The number of oxime groups is 1. The standard InChI is InChI=1S/C19H16N2O5/c1-24-12-8-9-14(25-2)13(10-12)16-15-17(26-20-16)19(23)21(18(15)22)11-6-4-3-5-7-11/h3-10,15,17H,1-2H3/t15-,17-/m1/s1. The molecule has 7 heteroatoms. The summed E-state index contributed by atoms with van der Waals surface area (Å²) in [6.07, 6.45) is -0.964. The lowest BCUT2D eigenvalue weighted by atomic mass is 9.93. The molecule has 2 aromatic carbocycles. The number of nitrogens with zero attached hydrogens (tertiary/aromatic N) is 2. The number of amides is 2. The predicted molar refractivity (Wildman–Crippen MR) is 93.4 cm³/mol. The Hall–Kier alpha value is -3.35. The van der Waals surface area contributed by atoms with Gasteiger partial charge in [-0.3, -0.25) is 9.59 Å². The van der Waals surface area contributed by atoms with Crippen LogP contribution in [0.1, 0.15) is 5.56 Å². The SMILES string of the molecule is COc1ccc(OC)c(C2=NO[C@H]3C(=O)N(c4ccccc4)C(=O)[C@H]23)c1. The molecule has 2 aliphatic rings. The molecule has 0 N–H and O–H groups in total. The third-order valence-corrected chi connectivity index (χ3v) is 4.51. The number of carbonyl (C=O) groups excluding carboxylic acids is 2. The number of para-hydroxylation sites is 1. The number of imide groups is 1. The van der Waals surface area contributed by atoms with E-state index in [1.165, 1.54) is 7.11 Å². The van der Waals surface area contributed by atoms with Crippen molar-refractivity contribution in [2.24, 2.45) is 11.1 Å². The van der Waals surface area contributed by atoms with Crippen LogP contribution in [-0.4, -0.2) is 37.8 Å². The third-order valence-electron chi connectivity index (χ3n) is 4.51. The molecule has 26 heavy (non-hydrogen) atoms. The van der Waals surface area contributed by atoms with Gasteiger partial charge in [0.05, 0.1) is 19.9 Å². The Morgan fingerprint density at radius 2 is 1.77 bits per heavy atom. The van der Waals surface area contributed by atoms with E-state index in [0.717, 1.165) is 4.90 Å². The van der Waals surface area contributed by atoms with Crippen LogP contribution in [0.15, 0.2) is 53.7 Å². The minimum atomic E-state index is -0.964. The van der Waals surface area contributed by atoms with Gasteiger partial charge in [-0.1, -0.05) is 23.4 Å². The van der Waals surface area contributed by atoms with Crippen molar-refractivity contribution < 1.29 is 23.9 Å². The lowest BCUT2D eigenvalue weighted by molar-refractivity contribution is -0.126. The molecule has 4 rings (SSSR count). The molecule has 132 valence electrons. The summed E-state index contributed by atoms with van der Waals surface area (Å²) in [6, 6.07) is 14.0. The number of hydrogen-bond donors (Lipinski definition) is 0. The second-order valence-corrected chi connectivity index (χ2v) is 5.89. The summed E-state index contributed by atoms with van der Waals surface area (Å²) in [6.45, 7) is 0. The number of rotatable bonds is 4. The van der Waals surface area contributed by atoms with Gasteiger partial charge >= 0.3 is 0 Å². The number of ether oxygens (including phenoxy) is 2. The second-order valence-electron chi connectivity index (χ2n) is 5.89. The summed E-state index contributed by atoms with van der Waals surface area (Å²) in [5.41, 5.74) is 1.44. The monoisotopic (exact) mass is 352 g/mol. The summed E-state index contributed by atoms with van der Waals surface area (Å²) >= 11 is 0. The van der Waals surface area contributed by atoms with Crippen molar-refractivity contribution in [1.29, 1.82) is 0 Å². The molecule has 0 spiro atoms. The molecule has 0 aromatic heterocycles. The number of hydrogen-bond acceptors (Lipinski definition) is 6. The zero-order valence-electron chi connectivity index (χ0n) is 14.2. The zero-order valence-corrected chi connectivity index (χ0v) is 14.2. The molecule has 0 unspecified atom stereocenters. The molecule has 2 atom stereocenters. The number of anilines is 1. The Bertz CT molecular complexity index is 909. The van der Waals surface area contributed by atoms with Crippen LogP contribution in [0.3, 0.4) is 0 Å². The first-order valence-electron chi connectivity index (χ1n) is 8.04. The summed E-state index contributed by atoms with van der Waals surface area (Å²) in [5, 5.41) is 4.02. The third kappa shape index (κ3) is 2.32. The van der Waals surface area contributed by atoms with Crippen LogP contribution >= 0.6 is 0 Å². The fourth-order valence-electron chi connectivity index (χ4n) is 3.25. The summed E-state index contributed by atoms with van der Waals surface area (Å²) < 4.78 is 10.6. The van der Waals surface area contributed by atoms with Crippen molar-refractivity contribution in [2.45, 2.75) is 6.10 Å². The zero-order chi connectivity index (χ0) is 18.3. The van der Waals surface area contributed by atoms with Crippen molar-refractivity contribution >= 4 is 23.2 Å². The first kappa shape index (κ1) is 16.1. The highest BCUT2D eigenvalue weighted by molar-refractivity contribution is 6.32. The van der Waals surface area contributed by atoms with E-state index < -0.39 is 17.9 Å². The maximum Gasteiger partial charge on any atom is 0.278 e. The molecular formula is C19H16N2O5. The Balaban J connectivity index is 1.75. The van der Waals surface area contributed by atoms with Gasteiger partial charge in [-0.2, -0.15) is 0 Å². The topological polar surface area (TPSA) is 77.4 Å². The van der Waals surface area contributed by atoms with Gasteiger partial charge in [0.25, 0.3) is 5.91 Å². The molecule has 0 aliphatic carbocycles. The van der Waals surface area contributed by atoms with E-state index in [9.17, 15) is 9.59 Å². The van der Waals surface area contributed by atoms with Gasteiger partial charge in [0.1, 0.15) is 23.1 Å². The van der Waals surface area contributed by atoms with Gasteiger partial charge in [0, 0.05) is 5.56 Å². The van der Waals surface area contributed by atoms with Gasteiger partial charge in [0.15, 0.2) is 0 Å². The normalized spacial score (nSPS) is 21.3. The molecular weight excluding hydrogens is 336 g/mol. The fourth-order valence-corrected chi connectivity index (χ4v) is 3.25. The van der Waals surface area contributed by atoms with Crippen molar-refractivity contribution in [3.63, 3.8) is 0 Å². The summed E-state index contributed by atoms with van der Waals surface area (Å²) in [5.74, 6) is -0.501. The van der Waals surface area contributed by atoms with Gasteiger partial charge in [-0.15, -0.1) is 0 Å². The maximum absolute atomic E-state index is 13.0. The molecule has 2 amide bonds. The summed E-state index contributed by atoms with van der Waals surface area (Å²) in [7, 11) is 3.07. The van der Waals surface area contributed by atoms with E-state index in [-0.39, 0.29) is 5.91 Å². The van der Waals surface area contributed by atoms with Crippen LogP contribution in [0, 0.1) is 5.92 Å². The second kappa shape index (κ2) is 6.18. The Kier molecular flexibility index (Phi) is 3.84. The van der Waals surface area contributed by atoms with Crippen molar-refractivity contribution in [1.82, 2.24) is 0 Å². The highest BCUT2D eigenvalue weighted by Gasteiger charge is 2.56. The molecule has 1 saturated heterocycles. The van der Waals surface area contributed by atoms with Crippen molar-refractivity contribution in [3.05, 3.63) is 54.1 Å². The first-order valence-corrected chi connectivity index (χ1v) is 8.04. The molecule has 0 bridgehead atoms. The first-order chi connectivity index (χ1) is 12.7. The molecule has 7 nitrogen and oxygen atoms in total. The van der Waals surface area contributed by atoms with Crippen LogP contribution < -0.4 is 14.4 Å². The molecule has 2 aromatic rings. The average Bonchev–Trinajstić information content (AvgIpc) is 3.22. The van der Waals surface area contributed by atoms with E-state index in [0.29, 0.717) is 28.5 Å². The van der Waals surface area contributed by atoms with Gasteiger partial charge < -0.3 is 14.3 Å². The minimum absolute atomic E-state index is 0.363. The predicted octanol–water partition coefficient (Wildman–Crippen LogP) is 2.00. The summed E-state index contributed by atoms with van der Waals surface area (Å²) in [4.78, 5) is 32.2. The molecule has 2 aliphatic heterocycles. The van der Waals surface area contributed by atoms with Crippen LogP contribution in [0.4, 0.5) is 5.69 Å². The van der Waals surface area contributed by atoms with Crippen molar-refractivity contribution in [3.8, 4) is 11.5 Å². The van der Waals surface area contributed by atoms with Crippen LogP contribution in [0.5, 0.6) is 11.5 Å². The number of fused-ring (bicyclic) bond motifs is 1. The highest BCUT2D eigenvalue weighted by Crippen LogP contribution is 2.37. The molecule has 2 heterocycles. The minimum Gasteiger partial charge on any atom is -0.497 e. The highest BCUT2D eigenvalue weighted by atomic mass is 16.7. The van der Waals surface area contributed by atoms with E-state index in [2.05, 4.69) is 5.16 Å². The van der Waals surface area contributed by atoms with E-state index in [4.69, 9.17) is 14.3 Å². The van der Waals surface area contributed by atoms with Crippen LogP contribution in [0.2, 0.25) is 0 Å². The van der Waals surface area contributed by atoms with E-state index in [1.807, 2.05) is 6.07 Å². The quantitative estimate of drug-likeness (QED) is 0.787. The Morgan fingerprint density at radius 1 is 1.00 bits per heavy atom. The number of carbonyl (C=O) groups is 2. The lowest BCUT2D eigenvalue weighted by Gasteiger charge is -2.16. The smallest absolute Gasteiger partial charge is 0.278 e. The molecule has 0 radical (unpaired) electrons. The lowest BCUT2D eigenvalue weighted by Crippen LogP contribution is -2.33. The van der Waals surface area contributed by atoms with E-state index >= 15 is 0 Å². The maximum atomic E-state index is 13.0. The van der Waals surface area contributed by atoms with Gasteiger partial charge in [0.2, 0.25) is 12.0 Å². The van der Waals surface area contributed by atoms with Crippen LogP contribution in [0.25, 0.3) is 0 Å². The molecule has 1 fully saturated rings. The Morgan fingerprint density at radius 3 is 2.46 bits per heavy atom. The fraction of sp³-hybridized carbons (Fsp3) is 0.211. The van der Waals surface area contributed by atoms with Gasteiger partial charge in [-0.25, -0.2) is 4.90 Å².